The smallest absolute Gasteiger partial charge is 0.179 e. The van der Waals surface area contributed by atoms with Gasteiger partial charge in [0.05, 0.1) is 12.8 Å². The molecule has 0 fully saturated rings. The zero-order chi connectivity index (χ0) is 8.27. The highest BCUT2D eigenvalue weighted by Gasteiger charge is 2.00. The fourth-order valence-electron chi connectivity index (χ4n) is 0.743. The summed E-state index contributed by atoms with van der Waals surface area (Å²) in [5.41, 5.74) is 5.53. The second kappa shape index (κ2) is 3.18. The number of nitrogens with zero attached hydrogens (tertiary/aromatic N) is 2. The van der Waals surface area contributed by atoms with E-state index in [4.69, 9.17) is 10.5 Å². The molecule has 1 heterocycles. The Morgan fingerprint density at radius 3 is 2.91 bits per heavy atom. The van der Waals surface area contributed by atoms with E-state index in [9.17, 15) is 0 Å². The van der Waals surface area contributed by atoms with E-state index in [1.54, 1.807) is 13.1 Å². The summed E-state index contributed by atoms with van der Waals surface area (Å²) < 4.78 is 5.14. The monoisotopic (exact) mass is 153 g/mol. The first-order valence-corrected chi connectivity index (χ1v) is 3.46. The summed E-state index contributed by atoms with van der Waals surface area (Å²) in [6.07, 6.45) is 1.58. The molecule has 0 aliphatic heterocycles. The number of ether oxygens (including phenoxy) is 1. The van der Waals surface area contributed by atoms with E-state index < -0.39 is 0 Å². The van der Waals surface area contributed by atoms with Crippen LogP contribution in [-0.2, 0) is 0 Å². The van der Waals surface area contributed by atoms with E-state index in [-0.39, 0.29) is 0 Å². The fourth-order valence-corrected chi connectivity index (χ4v) is 0.743. The average molecular weight is 153 g/mol. The Morgan fingerprint density at radius 2 is 2.36 bits per heavy atom. The van der Waals surface area contributed by atoms with Crippen molar-refractivity contribution in [2.24, 2.45) is 0 Å². The molecule has 0 bridgehead atoms. The van der Waals surface area contributed by atoms with Crippen LogP contribution in [0.25, 0.3) is 0 Å². The van der Waals surface area contributed by atoms with Crippen molar-refractivity contribution in [3.8, 4) is 5.75 Å². The number of rotatable bonds is 2. The summed E-state index contributed by atoms with van der Waals surface area (Å²) in [4.78, 5) is 7.88. The fraction of sp³-hybridized carbons (Fsp3) is 0.429. The summed E-state index contributed by atoms with van der Waals surface area (Å²) >= 11 is 0. The maximum absolute atomic E-state index is 5.53. The van der Waals surface area contributed by atoms with Crippen LogP contribution >= 0.6 is 0 Å². The molecule has 0 aliphatic rings. The predicted molar refractivity (Wildman–Crippen MR) is 42.4 cm³/mol. The van der Waals surface area contributed by atoms with E-state index in [1.807, 2.05) is 6.92 Å². The third-order valence-electron chi connectivity index (χ3n) is 1.20. The normalized spacial score (nSPS) is 9.64. The minimum absolute atomic E-state index is 0.402. The lowest BCUT2D eigenvalue weighted by molar-refractivity contribution is 0.339. The molecule has 0 saturated carbocycles. The standard InChI is InChI=1S/C7H11N3O/c1-3-11-6-4-9-5(2)10-7(6)8/h4H,3H2,1-2H3,(H2,8,9,10). The maximum atomic E-state index is 5.53. The van der Waals surface area contributed by atoms with E-state index >= 15 is 0 Å². The third kappa shape index (κ3) is 1.80. The Kier molecular flexibility index (Phi) is 2.25. The van der Waals surface area contributed by atoms with Crippen LogP contribution in [0.4, 0.5) is 5.82 Å². The summed E-state index contributed by atoms with van der Waals surface area (Å²) in [6.45, 7) is 4.25. The van der Waals surface area contributed by atoms with E-state index in [1.165, 1.54) is 0 Å². The molecular formula is C7H11N3O. The molecule has 1 aromatic heterocycles. The van der Waals surface area contributed by atoms with Gasteiger partial charge in [0.1, 0.15) is 5.82 Å². The first kappa shape index (κ1) is 7.78. The van der Waals surface area contributed by atoms with Crippen LogP contribution in [0.2, 0.25) is 0 Å². The molecule has 0 aromatic carbocycles. The third-order valence-corrected chi connectivity index (χ3v) is 1.20. The Labute approximate surface area is 65.4 Å². The van der Waals surface area contributed by atoms with Gasteiger partial charge in [-0.15, -0.1) is 0 Å². The van der Waals surface area contributed by atoms with Gasteiger partial charge in [0.25, 0.3) is 0 Å². The Bertz CT molecular complexity index is 249. The second-order valence-electron chi connectivity index (χ2n) is 2.10. The van der Waals surface area contributed by atoms with Crippen LogP contribution < -0.4 is 10.5 Å². The Balaban J connectivity index is 2.90. The molecule has 60 valence electrons. The molecule has 0 spiro atoms. The van der Waals surface area contributed by atoms with Crippen LogP contribution in [0, 0.1) is 6.92 Å². The summed E-state index contributed by atoms with van der Waals surface area (Å²) in [7, 11) is 0. The number of nitrogen functional groups attached to an aromatic ring is 1. The highest BCUT2D eigenvalue weighted by Crippen LogP contribution is 2.15. The minimum Gasteiger partial charge on any atom is -0.488 e. The van der Waals surface area contributed by atoms with Crippen molar-refractivity contribution in [2.75, 3.05) is 12.3 Å². The lowest BCUT2D eigenvalue weighted by Gasteiger charge is -2.04. The average Bonchev–Trinajstić information content (AvgIpc) is 1.95. The van der Waals surface area contributed by atoms with E-state index in [0.717, 1.165) is 0 Å². The largest absolute Gasteiger partial charge is 0.488 e. The van der Waals surface area contributed by atoms with Crippen molar-refractivity contribution in [1.82, 2.24) is 9.97 Å². The number of nitrogens with two attached hydrogens (primary N) is 1. The molecule has 0 saturated heterocycles. The molecule has 11 heavy (non-hydrogen) atoms. The molecule has 4 heteroatoms. The van der Waals surface area contributed by atoms with Crippen LogP contribution in [0.1, 0.15) is 12.7 Å². The first-order chi connectivity index (χ1) is 5.24. The molecular weight excluding hydrogens is 142 g/mol. The lowest BCUT2D eigenvalue weighted by Crippen LogP contribution is -2.01. The van der Waals surface area contributed by atoms with Crippen molar-refractivity contribution < 1.29 is 4.74 Å². The second-order valence-corrected chi connectivity index (χ2v) is 2.10. The van der Waals surface area contributed by atoms with Crippen molar-refractivity contribution >= 4 is 5.82 Å². The van der Waals surface area contributed by atoms with Gasteiger partial charge in [-0.1, -0.05) is 0 Å². The molecule has 0 aliphatic carbocycles. The number of aryl methyl sites for hydroxylation is 1. The molecule has 1 rings (SSSR count). The van der Waals surface area contributed by atoms with Crippen LogP contribution in [0.3, 0.4) is 0 Å². The molecule has 0 unspecified atom stereocenters. The highest BCUT2D eigenvalue weighted by atomic mass is 16.5. The zero-order valence-electron chi connectivity index (χ0n) is 6.66. The Hall–Kier alpha value is -1.32. The van der Waals surface area contributed by atoms with Crippen molar-refractivity contribution in [3.05, 3.63) is 12.0 Å². The molecule has 0 atom stereocenters. The number of anilines is 1. The van der Waals surface area contributed by atoms with Crippen molar-refractivity contribution in [1.29, 1.82) is 0 Å². The predicted octanol–water partition coefficient (Wildman–Crippen LogP) is 0.766. The van der Waals surface area contributed by atoms with Gasteiger partial charge in [-0.25, -0.2) is 9.97 Å². The molecule has 1 aromatic rings. The quantitative estimate of drug-likeness (QED) is 0.681. The van der Waals surface area contributed by atoms with Gasteiger partial charge in [0.15, 0.2) is 11.6 Å². The summed E-state index contributed by atoms with van der Waals surface area (Å²) in [6, 6.07) is 0. The van der Waals surface area contributed by atoms with Gasteiger partial charge in [-0.05, 0) is 13.8 Å². The van der Waals surface area contributed by atoms with Crippen LogP contribution in [0.5, 0.6) is 5.75 Å². The maximum Gasteiger partial charge on any atom is 0.179 e. The van der Waals surface area contributed by atoms with E-state index in [2.05, 4.69) is 9.97 Å². The number of hydrogen-bond donors (Lipinski definition) is 1. The topological polar surface area (TPSA) is 61.0 Å². The lowest BCUT2D eigenvalue weighted by atomic mass is 10.5. The zero-order valence-corrected chi connectivity index (χ0v) is 6.66. The van der Waals surface area contributed by atoms with Gasteiger partial charge in [0, 0.05) is 0 Å². The number of aromatic nitrogens is 2. The van der Waals surface area contributed by atoms with Crippen molar-refractivity contribution in [2.45, 2.75) is 13.8 Å². The van der Waals surface area contributed by atoms with Crippen LogP contribution in [-0.4, -0.2) is 16.6 Å². The number of hydrogen-bond acceptors (Lipinski definition) is 4. The SMILES string of the molecule is CCOc1cnc(C)nc1N. The van der Waals surface area contributed by atoms with Crippen LogP contribution in [0.15, 0.2) is 6.20 Å². The van der Waals surface area contributed by atoms with Gasteiger partial charge in [-0.3, -0.25) is 0 Å². The molecule has 0 radical (unpaired) electrons. The highest BCUT2D eigenvalue weighted by molar-refractivity contribution is 5.43. The van der Waals surface area contributed by atoms with Gasteiger partial charge >= 0.3 is 0 Å². The van der Waals surface area contributed by atoms with Gasteiger partial charge in [0.2, 0.25) is 0 Å². The molecule has 2 N–H and O–H groups in total. The van der Waals surface area contributed by atoms with E-state index in [0.29, 0.717) is 24.0 Å². The minimum atomic E-state index is 0.402. The Morgan fingerprint density at radius 1 is 1.64 bits per heavy atom. The summed E-state index contributed by atoms with van der Waals surface area (Å²) in [5.74, 6) is 1.61. The molecule has 0 amide bonds. The van der Waals surface area contributed by atoms with Gasteiger partial charge in [-0.2, -0.15) is 0 Å². The molecule has 4 nitrogen and oxygen atoms in total. The van der Waals surface area contributed by atoms with Crippen molar-refractivity contribution in [3.63, 3.8) is 0 Å². The summed E-state index contributed by atoms with van der Waals surface area (Å²) in [5, 5.41) is 0. The first-order valence-electron chi connectivity index (χ1n) is 3.46. The van der Waals surface area contributed by atoms with Gasteiger partial charge < -0.3 is 10.5 Å².